The Morgan fingerprint density at radius 2 is 1.88 bits per heavy atom. The lowest BCUT2D eigenvalue weighted by Crippen LogP contribution is -2.22. The zero-order chi connectivity index (χ0) is 19.3. The van der Waals surface area contributed by atoms with Crippen LogP contribution in [0.4, 0.5) is 19.0 Å². The summed E-state index contributed by atoms with van der Waals surface area (Å²) in [4.78, 5) is 0. The Balaban J connectivity index is 2.07. The first-order valence-corrected chi connectivity index (χ1v) is 8.63. The summed E-state index contributed by atoms with van der Waals surface area (Å²) >= 11 is 0. The van der Waals surface area contributed by atoms with E-state index in [-0.39, 0.29) is 22.6 Å². The second kappa shape index (κ2) is 6.17. The number of allylic oxidation sites excluding steroid dienone is 2. The summed E-state index contributed by atoms with van der Waals surface area (Å²) in [5, 5.41) is 7.88. The van der Waals surface area contributed by atoms with E-state index in [0.717, 1.165) is 17.5 Å². The molecule has 0 fully saturated rings. The fourth-order valence-corrected chi connectivity index (χ4v) is 3.48. The van der Waals surface area contributed by atoms with Crippen LogP contribution >= 0.6 is 0 Å². The maximum atomic E-state index is 13.6. The molecule has 2 heterocycles. The first kappa shape index (κ1) is 18.5. The van der Waals surface area contributed by atoms with Crippen molar-refractivity contribution >= 4 is 11.4 Å². The van der Waals surface area contributed by atoms with Crippen molar-refractivity contribution in [2.75, 3.05) is 5.73 Å². The van der Waals surface area contributed by atoms with Crippen LogP contribution in [0.3, 0.4) is 0 Å². The maximum Gasteiger partial charge on any atom is 0.435 e. The highest BCUT2D eigenvalue weighted by Gasteiger charge is 2.41. The van der Waals surface area contributed by atoms with E-state index in [1.54, 1.807) is 19.3 Å². The molecule has 2 aromatic rings. The number of nitrogen functional groups attached to an aromatic ring is 1. The van der Waals surface area contributed by atoms with E-state index in [0.29, 0.717) is 17.9 Å². The molecule has 5 nitrogen and oxygen atoms in total. The molecule has 0 amide bonds. The van der Waals surface area contributed by atoms with E-state index >= 15 is 0 Å². The van der Waals surface area contributed by atoms with Gasteiger partial charge in [-0.25, -0.2) is 0 Å². The standard InChI is InChI=1S/C18H24F3N5/c1-17(2,3)12-7-5-11(6-8-12)14-15(18(19,20)21)24-26(16(14)22)13-9-10-25(4)23-13/h5,9-10,12H,6-8,22H2,1-4H3. The number of hydrogen-bond donors (Lipinski definition) is 1. The molecule has 8 heteroatoms. The molecule has 0 radical (unpaired) electrons. The number of anilines is 1. The van der Waals surface area contributed by atoms with Crippen molar-refractivity contribution in [1.82, 2.24) is 19.6 Å². The molecule has 26 heavy (non-hydrogen) atoms. The maximum absolute atomic E-state index is 13.6. The molecule has 2 aromatic heterocycles. The monoisotopic (exact) mass is 367 g/mol. The van der Waals surface area contributed by atoms with Gasteiger partial charge < -0.3 is 5.73 Å². The van der Waals surface area contributed by atoms with Crippen molar-refractivity contribution in [3.8, 4) is 5.82 Å². The molecule has 142 valence electrons. The van der Waals surface area contributed by atoms with Crippen LogP contribution in [0.2, 0.25) is 0 Å². The predicted octanol–water partition coefficient (Wildman–Crippen LogP) is 4.44. The average Bonchev–Trinajstić information content (AvgIpc) is 3.09. The van der Waals surface area contributed by atoms with Crippen molar-refractivity contribution in [3.63, 3.8) is 0 Å². The van der Waals surface area contributed by atoms with Crippen LogP contribution in [0.25, 0.3) is 11.4 Å². The molecule has 0 bridgehead atoms. The summed E-state index contributed by atoms with van der Waals surface area (Å²) in [5.74, 6) is 0.690. The third kappa shape index (κ3) is 3.37. The van der Waals surface area contributed by atoms with Crippen LogP contribution in [0.5, 0.6) is 0 Å². The smallest absolute Gasteiger partial charge is 0.383 e. The van der Waals surface area contributed by atoms with E-state index < -0.39 is 11.9 Å². The van der Waals surface area contributed by atoms with Gasteiger partial charge in [-0.2, -0.15) is 28.1 Å². The summed E-state index contributed by atoms with van der Waals surface area (Å²) in [6.45, 7) is 6.47. The minimum Gasteiger partial charge on any atom is -0.383 e. The van der Waals surface area contributed by atoms with Crippen molar-refractivity contribution in [2.24, 2.45) is 18.4 Å². The zero-order valence-corrected chi connectivity index (χ0v) is 15.4. The lowest BCUT2D eigenvalue weighted by atomic mass is 9.72. The summed E-state index contributed by atoms with van der Waals surface area (Å²) in [7, 11) is 1.69. The lowest BCUT2D eigenvalue weighted by molar-refractivity contribution is -0.141. The molecule has 2 N–H and O–H groups in total. The van der Waals surface area contributed by atoms with Crippen LogP contribution in [-0.2, 0) is 13.2 Å². The largest absolute Gasteiger partial charge is 0.435 e. The van der Waals surface area contributed by atoms with Gasteiger partial charge in [0.2, 0.25) is 0 Å². The van der Waals surface area contributed by atoms with Gasteiger partial charge in [0.1, 0.15) is 5.82 Å². The van der Waals surface area contributed by atoms with Gasteiger partial charge in [-0.15, -0.1) is 0 Å². The van der Waals surface area contributed by atoms with Crippen molar-refractivity contribution < 1.29 is 13.2 Å². The number of alkyl halides is 3. The molecular formula is C18H24F3N5. The van der Waals surface area contributed by atoms with E-state index in [9.17, 15) is 13.2 Å². The Bertz CT molecular complexity index is 836. The third-order valence-electron chi connectivity index (χ3n) is 5.06. The van der Waals surface area contributed by atoms with Gasteiger partial charge in [-0.3, -0.25) is 4.68 Å². The summed E-state index contributed by atoms with van der Waals surface area (Å²) in [6, 6.07) is 1.58. The average molecular weight is 367 g/mol. The number of hydrogen-bond acceptors (Lipinski definition) is 3. The highest BCUT2D eigenvalue weighted by atomic mass is 19.4. The quantitative estimate of drug-likeness (QED) is 0.854. The Labute approximate surface area is 150 Å². The van der Waals surface area contributed by atoms with Crippen LogP contribution < -0.4 is 5.73 Å². The van der Waals surface area contributed by atoms with Crippen LogP contribution in [0.15, 0.2) is 18.3 Å². The number of nitrogens with zero attached hydrogens (tertiary/aromatic N) is 4. The Morgan fingerprint density at radius 3 is 2.35 bits per heavy atom. The first-order valence-electron chi connectivity index (χ1n) is 8.63. The van der Waals surface area contributed by atoms with Gasteiger partial charge in [0.25, 0.3) is 0 Å². The van der Waals surface area contributed by atoms with Gasteiger partial charge in [0.05, 0.1) is 5.56 Å². The van der Waals surface area contributed by atoms with Crippen LogP contribution in [0.1, 0.15) is 51.3 Å². The second-order valence-corrected chi connectivity index (χ2v) is 7.93. The van der Waals surface area contributed by atoms with E-state index in [1.165, 1.54) is 4.68 Å². The second-order valence-electron chi connectivity index (χ2n) is 7.93. The van der Waals surface area contributed by atoms with Gasteiger partial charge in [0.15, 0.2) is 11.5 Å². The minimum absolute atomic E-state index is 0.00416. The Morgan fingerprint density at radius 1 is 1.19 bits per heavy atom. The Hall–Kier alpha value is -2.25. The van der Waals surface area contributed by atoms with Gasteiger partial charge in [0, 0.05) is 19.3 Å². The molecule has 0 saturated carbocycles. The van der Waals surface area contributed by atoms with E-state index in [4.69, 9.17) is 5.73 Å². The predicted molar refractivity (Wildman–Crippen MR) is 94.5 cm³/mol. The van der Waals surface area contributed by atoms with E-state index in [2.05, 4.69) is 31.0 Å². The fourth-order valence-electron chi connectivity index (χ4n) is 3.48. The highest BCUT2D eigenvalue weighted by Crippen LogP contribution is 2.44. The summed E-state index contributed by atoms with van der Waals surface area (Å²) < 4.78 is 43.4. The minimum atomic E-state index is -4.58. The molecular weight excluding hydrogens is 343 g/mol. The molecule has 3 rings (SSSR count). The van der Waals surface area contributed by atoms with Gasteiger partial charge in [-0.1, -0.05) is 26.8 Å². The topological polar surface area (TPSA) is 61.7 Å². The molecule has 0 saturated heterocycles. The lowest BCUT2D eigenvalue weighted by Gasteiger charge is -2.33. The number of aromatic nitrogens is 4. The highest BCUT2D eigenvalue weighted by molar-refractivity contribution is 5.77. The molecule has 1 aliphatic carbocycles. The third-order valence-corrected chi connectivity index (χ3v) is 5.06. The number of rotatable bonds is 2. The van der Waals surface area contributed by atoms with Crippen molar-refractivity contribution in [1.29, 1.82) is 0 Å². The SMILES string of the molecule is Cn1ccc(-n2nc(C(F)(F)F)c(C3=CCC(C(C)(C)C)CC3)c2N)n1. The first-order chi connectivity index (χ1) is 12.0. The molecule has 0 aromatic carbocycles. The summed E-state index contributed by atoms with van der Waals surface area (Å²) in [5.41, 5.74) is 5.90. The molecule has 1 aliphatic rings. The zero-order valence-electron chi connectivity index (χ0n) is 15.4. The Kier molecular flexibility index (Phi) is 4.40. The van der Waals surface area contributed by atoms with Crippen molar-refractivity contribution in [2.45, 2.75) is 46.2 Å². The molecule has 1 unspecified atom stereocenters. The molecule has 0 spiro atoms. The number of halogens is 3. The van der Waals surface area contributed by atoms with Gasteiger partial charge >= 0.3 is 6.18 Å². The van der Waals surface area contributed by atoms with Crippen LogP contribution in [-0.4, -0.2) is 19.6 Å². The number of aryl methyl sites for hydroxylation is 1. The van der Waals surface area contributed by atoms with E-state index in [1.807, 2.05) is 6.08 Å². The molecule has 1 atom stereocenters. The van der Waals surface area contributed by atoms with Crippen molar-refractivity contribution in [3.05, 3.63) is 29.6 Å². The molecule has 0 aliphatic heterocycles. The normalized spacial score (nSPS) is 18.9. The summed E-state index contributed by atoms with van der Waals surface area (Å²) in [6.07, 6.45) is 1.08. The number of nitrogens with two attached hydrogens (primary N) is 1. The van der Waals surface area contributed by atoms with Crippen LogP contribution in [0, 0.1) is 11.3 Å². The van der Waals surface area contributed by atoms with Gasteiger partial charge in [-0.05, 0) is 36.2 Å². The fraction of sp³-hybridized carbons (Fsp3) is 0.556.